The second-order valence-electron chi connectivity index (χ2n) is 7.21. The van der Waals surface area contributed by atoms with Crippen molar-refractivity contribution in [3.05, 3.63) is 33.5 Å². The first-order chi connectivity index (χ1) is 11.5. The van der Waals surface area contributed by atoms with Crippen molar-refractivity contribution in [2.24, 2.45) is 13.0 Å². The fraction of sp³-hybridized carbons (Fsp3) is 0.611. The van der Waals surface area contributed by atoms with Crippen molar-refractivity contribution >= 4 is 17.2 Å². The monoisotopic (exact) mass is 344 g/mol. The van der Waals surface area contributed by atoms with Crippen LogP contribution in [0.15, 0.2) is 12.4 Å². The Bertz CT molecular complexity index is 745. The zero-order valence-corrected chi connectivity index (χ0v) is 15.3. The molecule has 3 heterocycles. The van der Waals surface area contributed by atoms with Crippen LogP contribution in [0.5, 0.6) is 0 Å². The van der Waals surface area contributed by atoms with Gasteiger partial charge in [0.05, 0.1) is 16.9 Å². The lowest BCUT2D eigenvalue weighted by Crippen LogP contribution is -2.40. The molecule has 0 radical (unpaired) electrons. The normalized spacial score (nSPS) is 26.6. The Labute approximate surface area is 146 Å². The molecule has 1 saturated carbocycles. The summed E-state index contributed by atoms with van der Waals surface area (Å²) in [4.78, 5) is 21.0. The van der Waals surface area contributed by atoms with E-state index in [9.17, 15) is 4.79 Å². The van der Waals surface area contributed by atoms with Gasteiger partial charge < -0.3 is 4.90 Å². The summed E-state index contributed by atoms with van der Waals surface area (Å²) >= 11 is 1.80. The van der Waals surface area contributed by atoms with E-state index in [0.29, 0.717) is 17.7 Å². The second-order valence-corrected chi connectivity index (χ2v) is 8.45. The predicted molar refractivity (Wildman–Crippen MR) is 94.2 cm³/mol. The van der Waals surface area contributed by atoms with Crippen molar-refractivity contribution in [1.29, 1.82) is 0 Å². The molecule has 0 unspecified atom stereocenters. The minimum absolute atomic E-state index is 0.160. The molecule has 4 rings (SSSR count). The van der Waals surface area contributed by atoms with Gasteiger partial charge in [-0.25, -0.2) is 4.98 Å². The Balaban J connectivity index is 1.42. The number of likely N-dealkylation sites (tertiary alicyclic amines) is 1. The molecule has 1 aliphatic heterocycles. The zero-order valence-electron chi connectivity index (χ0n) is 14.5. The Hall–Kier alpha value is -1.69. The van der Waals surface area contributed by atoms with Crippen LogP contribution in [-0.2, 0) is 11.8 Å². The number of carbonyl (C=O) groups is 1. The van der Waals surface area contributed by atoms with E-state index < -0.39 is 0 Å². The lowest BCUT2D eigenvalue weighted by Gasteiger charge is -2.32. The van der Waals surface area contributed by atoms with E-state index in [1.54, 1.807) is 11.3 Å². The summed E-state index contributed by atoms with van der Waals surface area (Å²) in [5.41, 5.74) is 2.34. The Morgan fingerprint density at radius 3 is 2.88 bits per heavy atom. The number of aryl methyl sites for hydroxylation is 3. The van der Waals surface area contributed by atoms with Crippen molar-refractivity contribution < 1.29 is 4.79 Å². The summed E-state index contributed by atoms with van der Waals surface area (Å²) in [7, 11) is 1.93. The van der Waals surface area contributed by atoms with Gasteiger partial charge in [-0.15, -0.1) is 11.3 Å². The van der Waals surface area contributed by atoms with E-state index in [1.165, 1.54) is 15.4 Å². The van der Waals surface area contributed by atoms with Crippen molar-refractivity contribution in [2.75, 3.05) is 13.1 Å². The Morgan fingerprint density at radius 1 is 1.38 bits per heavy atom. The second kappa shape index (κ2) is 5.99. The molecule has 128 valence electrons. The van der Waals surface area contributed by atoms with Crippen LogP contribution in [0.1, 0.15) is 52.2 Å². The van der Waals surface area contributed by atoms with Gasteiger partial charge in [-0.3, -0.25) is 9.48 Å². The molecule has 24 heavy (non-hydrogen) atoms. The molecule has 6 heteroatoms. The van der Waals surface area contributed by atoms with Gasteiger partial charge in [-0.1, -0.05) is 0 Å². The number of nitrogens with zero attached hydrogens (tertiary/aromatic N) is 4. The van der Waals surface area contributed by atoms with Crippen LogP contribution in [0.25, 0.3) is 0 Å². The highest BCUT2D eigenvalue weighted by Gasteiger charge is 2.47. The van der Waals surface area contributed by atoms with Crippen molar-refractivity contribution in [3.63, 3.8) is 0 Å². The summed E-state index contributed by atoms with van der Waals surface area (Å²) in [6.45, 7) is 5.94. The highest BCUT2D eigenvalue weighted by atomic mass is 32.1. The molecule has 3 atom stereocenters. The largest absolute Gasteiger partial charge is 0.342 e. The summed E-state index contributed by atoms with van der Waals surface area (Å²) in [5.74, 6) is 1.28. The lowest BCUT2D eigenvalue weighted by molar-refractivity contribution is -0.133. The minimum Gasteiger partial charge on any atom is -0.342 e. The third-order valence-corrected chi connectivity index (χ3v) is 6.62. The minimum atomic E-state index is 0.160. The summed E-state index contributed by atoms with van der Waals surface area (Å²) in [6.07, 6.45) is 7.14. The van der Waals surface area contributed by atoms with Crippen LogP contribution in [0, 0.1) is 19.8 Å². The molecule has 1 saturated heterocycles. The van der Waals surface area contributed by atoms with Gasteiger partial charge in [0.25, 0.3) is 0 Å². The first kappa shape index (κ1) is 15.8. The van der Waals surface area contributed by atoms with E-state index in [0.717, 1.165) is 38.0 Å². The van der Waals surface area contributed by atoms with E-state index >= 15 is 0 Å². The van der Waals surface area contributed by atoms with Crippen LogP contribution in [0.4, 0.5) is 0 Å². The Kier molecular flexibility index (Phi) is 3.95. The van der Waals surface area contributed by atoms with Gasteiger partial charge in [0.15, 0.2) is 0 Å². The van der Waals surface area contributed by atoms with Gasteiger partial charge in [-0.2, -0.15) is 5.10 Å². The topological polar surface area (TPSA) is 51.0 Å². The number of hydrogen-bond acceptors (Lipinski definition) is 4. The van der Waals surface area contributed by atoms with Crippen molar-refractivity contribution in [1.82, 2.24) is 19.7 Å². The van der Waals surface area contributed by atoms with Crippen LogP contribution in [-0.4, -0.2) is 38.7 Å². The molecule has 1 aliphatic carbocycles. The number of amides is 1. The third kappa shape index (κ3) is 2.88. The number of rotatable bonds is 3. The molecule has 0 bridgehead atoms. The van der Waals surface area contributed by atoms with Gasteiger partial charge in [0.1, 0.15) is 0 Å². The fourth-order valence-electron chi connectivity index (χ4n) is 3.75. The van der Waals surface area contributed by atoms with Crippen molar-refractivity contribution in [2.45, 2.75) is 44.9 Å². The summed E-state index contributed by atoms with van der Waals surface area (Å²) < 4.78 is 1.82. The lowest BCUT2D eigenvalue weighted by atomic mass is 9.98. The molecule has 0 aromatic carbocycles. The fourth-order valence-corrected chi connectivity index (χ4v) is 4.80. The Morgan fingerprint density at radius 2 is 2.21 bits per heavy atom. The quantitative estimate of drug-likeness (QED) is 0.860. The average Bonchev–Trinajstić information content (AvgIpc) is 3.15. The average molecular weight is 344 g/mol. The molecule has 1 amide bonds. The summed E-state index contributed by atoms with van der Waals surface area (Å²) in [5, 5.41) is 5.44. The third-order valence-electron chi connectivity index (χ3n) is 5.39. The molecular formula is C18H24N4OS. The predicted octanol–water partition coefficient (Wildman–Crippen LogP) is 3.00. The molecule has 2 fully saturated rings. The number of carbonyl (C=O) groups excluding carboxylic acids is 1. The standard InChI is InChI=1S/C18H24N4OS/c1-11-12(2)24-17(20-11)13-5-4-6-22(10-13)18(23)16-7-15(16)14-8-19-21(3)9-14/h8-9,13,15-16H,4-7,10H2,1-3H3/t13-,15+,16-/m1/s1. The van der Waals surface area contributed by atoms with Crippen molar-refractivity contribution in [3.8, 4) is 0 Å². The van der Waals surface area contributed by atoms with Gasteiger partial charge in [0.2, 0.25) is 5.91 Å². The maximum atomic E-state index is 12.9. The van der Waals surface area contributed by atoms with Gasteiger partial charge >= 0.3 is 0 Å². The molecule has 0 N–H and O–H groups in total. The summed E-state index contributed by atoms with van der Waals surface area (Å²) in [6, 6.07) is 0. The first-order valence-corrected chi connectivity index (χ1v) is 9.56. The molecular weight excluding hydrogens is 320 g/mol. The van der Waals surface area contributed by atoms with E-state index in [-0.39, 0.29) is 5.92 Å². The van der Waals surface area contributed by atoms with Crippen LogP contribution < -0.4 is 0 Å². The maximum Gasteiger partial charge on any atom is 0.226 e. The molecule has 0 spiro atoms. The molecule has 2 aromatic rings. The van der Waals surface area contributed by atoms with Crippen LogP contribution in [0.3, 0.4) is 0 Å². The SMILES string of the molecule is Cc1nc([C@@H]2CCCN(C(=O)[C@@H]3C[C@H]3c3cnn(C)c3)C2)sc1C. The van der Waals surface area contributed by atoms with Gasteiger partial charge in [0, 0.05) is 43.0 Å². The highest BCUT2D eigenvalue weighted by molar-refractivity contribution is 7.11. The van der Waals surface area contributed by atoms with Crippen LogP contribution >= 0.6 is 11.3 Å². The zero-order chi connectivity index (χ0) is 16.8. The van der Waals surface area contributed by atoms with E-state index in [4.69, 9.17) is 4.98 Å². The molecule has 5 nitrogen and oxygen atoms in total. The number of thiazole rings is 1. The first-order valence-electron chi connectivity index (χ1n) is 8.74. The smallest absolute Gasteiger partial charge is 0.226 e. The molecule has 2 aromatic heterocycles. The number of aromatic nitrogens is 3. The number of hydrogen-bond donors (Lipinski definition) is 0. The maximum absolute atomic E-state index is 12.9. The van der Waals surface area contributed by atoms with Gasteiger partial charge in [-0.05, 0) is 44.6 Å². The van der Waals surface area contributed by atoms with E-state index in [2.05, 4.69) is 23.8 Å². The molecule has 2 aliphatic rings. The van der Waals surface area contributed by atoms with Crippen LogP contribution in [0.2, 0.25) is 0 Å². The highest BCUT2D eigenvalue weighted by Crippen LogP contribution is 2.48. The van der Waals surface area contributed by atoms with E-state index in [1.807, 2.05) is 24.1 Å². The number of piperidine rings is 1.